The van der Waals surface area contributed by atoms with Gasteiger partial charge in [-0.25, -0.2) is 4.79 Å². The van der Waals surface area contributed by atoms with E-state index in [1.54, 1.807) is 6.92 Å². The molecule has 3 aliphatic heterocycles. The molecule has 0 bridgehead atoms. The highest BCUT2D eigenvalue weighted by Crippen LogP contribution is 2.70. The molecule has 17 atom stereocenters. The van der Waals surface area contributed by atoms with Crippen molar-refractivity contribution in [2.75, 3.05) is 6.61 Å². The number of fused-ring (bicyclic) bond motifs is 5. The number of aliphatic hydroxyl groups is 4. The van der Waals surface area contributed by atoms with E-state index in [9.17, 15) is 30.0 Å². The molecule has 4 aliphatic carbocycles. The lowest BCUT2D eigenvalue weighted by molar-refractivity contribution is -0.318. The highest BCUT2D eigenvalue weighted by atomic mass is 16.7. The molecule has 0 spiro atoms. The molecule has 2 unspecified atom stereocenters. The second kappa shape index (κ2) is 12.8. The Balaban J connectivity index is 0.985. The number of cyclic esters (lactones) is 1. The van der Waals surface area contributed by atoms with Crippen LogP contribution < -0.4 is 0 Å². The number of hydrogen-bond donors (Lipinski definition) is 4. The van der Waals surface area contributed by atoms with E-state index < -0.39 is 66.3 Å². The fourth-order valence-electron chi connectivity index (χ4n) is 11.5. The summed E-state index contributed by atoms with van der Waals surface area (Å²) >= 11 is 0. The van der Waals surface area contributed by atoms with Gasteiger partial charge >= 0.3 is 5.97 Å². The molecule has 0 aromatic heterocycles. The molecule has 6 fully saturated rings. The van der Waals surface area contributed by atoms with Crippen LogP contribution in [-0.2, 0) is 38.0 Å². The molecule has 270 valence electrons. The smallest absolute Gasteiger partial charge is 0.331 e. The van der Waals surface area contributed by atoms with Gasteiger partial charge < -0.3 is 48.8 Å². The minimum Gasteiger partial charge on any atom is -0.464 e. The van der Waals surface area contributed by atoms with E-state index in [-0.39, 0.29) is 48.8 Å². The van der Waals surface area contributed by atoms with Crippen LogP contribution in [0, 0.1) is 34.5 Å². The molecule has 0 radical (unpaired) electrons. The number of rotatable bonds is 7. The average Bonchev–Trinajstić information content (AvgIpc) is 3.54. The molecule has 0 aromatic rings. The Morgan fingerprint density at radius 3 is 2.31 bits per heavy atom. The van der Waals surface area contributed by atoms with Crippen LogP contribution in [0.3, 0.4) is 0 Å². The van der Waals surface area contributed by atoms with Crippen molar-refractivity contribution in [1.29, 1.82) is 0 Å². The lowest BCUT2D eigenvalue weighted by Gasteiger charge is -2.63. The van der Waals surface area contributed by atoms with Crippen molar-refractivity contribution in [3.63, 3.8) is 0 Å². The molecule has 2 saturated heterocycles. The van der Waals surface area contributed by atoms with Crippen molar-refractivity contribution >= 4 is 12.4 Å². The molecule has 48 heavy (non-hydrogen) atoms. The minimum absolute atomic E-state index is 0.00864. The molecule has 0 aromatic carbocycles. The zero-order chi connectivity index (χ0) is 34.2. The second-order valence-corrected chi connectivity index (χ2v) is 16.4. The van der Waals surface area contributed by atoms with Gasteiger partial charge in [-0.3, -0.25) is 4.79 Å². The maximum absolute atomic E-state index is 12.7. The summed E-state index contributed by atoms with van der Waals surface area (Å²) in [4.78, 5) is 23.6. The van der Waals surface area contributed by atoms with Crippen molar-refractivity contribution < 1.29 is 58.4 Å². The molecule has 7 aliphatic rings. The summed E-state index contributed by atoms with van der Waals surface area (Å²) in [5.74, 6) is 0.160. The van der Waals surface area contributed by atoms with Crippen molar-refractivity contribution in [2.24, 2.45) is 34.5 Å². The van der Waals surface area contributed by atoms with Gasteiger partial charge in [-0.15, -0.1) is 0 Å². The van der Waals surface area contributed by atoms with Crippen LogP contribution in [0.4, 0.5) is 0 Å². The van der Waals surface area contributed by atoms with Gasteiger partial charge in [0, 0.05) is 36.7 Å². The quantitative estimate of drug-likeness (QED) is 0.177. The molecule has 0 amide bonds. The van der Waals surface area contributed by atoms with Gasteiger partial charge in [0.15, 0.2) is 12.6 Å². The monoisotopic (exact) mass is 678 g/mol. The Labute approximate surface area is 282 Å². The van der Waals surface area contributed by atoms with Gasteiger partial charge in [0.1, 0.15) is 24.9 Å². The van der Waals surface area contributed by atoms with Crippen LogP contribution in [0.15, 0.2) is 11.6 Å². The third-order valence-electron chi connectivity index (χ3n) is 14.1. The van der Waals surface area contributed by atoms with Crippen molar-refractivity contribution in [1.82, 2.24) is 0 Å². The molecular weight excluding hydrogens is 624 g/mol. The fourth-order valence-corrected chi connectivity index (χ4v) is 11.5. The van der Waals surface area contributed by atoms with Crippen LogP contribution >= 0.6 is 0 Å². The van der Waals surface area contributed by atoms with Gasteiger partial charge in [0.2, 0.25) is 0 Å². The summed E-state index contributed by atoms with van der Waals surface area (Å²) < 4.78 is 35.4. The van der Waals surface area contributed by atoms with Crippen molar-refractivity contribution in [2.45, 2.75) is 159 Å². The van der Waals surface area contributed by atoms with Gasteiger partial charge in [-0.1, -0.05) is 13.8 Å². The van der Waals surface area contributed by atoms with Gasteiger partial charge in [-0.05, 0) is 87.5 Å². The van der Waals surface area contributed by atoms with Crippen molar-refractivity contribution in [3.05, 3.63) is 11.6 Å². The van der Waals surface area contributed by atoms with Crippen molar-refractivity contribution in [3.8, 4) is 0 Å². The zero-order valence-corrected chi connectivity index (χ0v) is 28.6. The van der Waals surface area contributed by atoms with E-state index in [1.807, 2.05) is 6.92 Å². The Kier molecular flexibility index (Phi) is 9.31. The van der Waals surface area contributed by atoms with E-state index in [4.69, 9.17) is 28.4 Å². The number of esters is 1. The summed E-state index contributed by atoms with van der Waals surface area (Å²) in [6, 6.07) is 0. The summed E-state index contributed by atoms with van der Waals surface area (Å²) in [5.41, 5.74) is -0.718. The normalized spacial score (nSPS) is 53.6. The topological polar surface area (TPSA) is 170 Å². The van der Waals surface area contributed by atoms with Crippen LogP contribution in [0.1, 0.15) is 91.9 Å². The predicted octanol–water partition coefficient (Wildman–Crippen LogP) is 2.52. The van der Waals surface area contributed by atoms with Gasteiger partial charge in [0.25, 0.3) is 6.47 Å². The number of hydrogen-bond acceptors (Lipinski definition) is 12. The Morgan fingerprint density at radius 1 is 0.896 bits per heavy atom. The summed E-state index contributed by atoms with van der Waals surface area (Å²) in [5, 5.41) is 43.9. The standard InChI is InChI=1S/C36H54O12/c1-18-32(41)25(38)13-30(45-18)48-33-19(2)46-29(14-26(33)39)47-22-7-9-34(3)21(12-22)5-6-24-23(34)8-10-35(4)31(20-11-28(40)43-16-20)27(44-17-37)15-36(24,35)42/h11,17-19,21-27,29-33,38-39,41-42H,5-10,12-16H2,1-4H3/t18-,19-,21-,22+,23+,24-,25+,26+,27+,29?,30?,31+,32-,33-,34+,35-,36+/m1/s1. The average molecular weight is 679 g/mol. The van der Waals surface area contributed by atoms with E-state index in [0.717, 1.165) is 50.5 Å². The first-order valence-electron chi connectivity index (χ1n) is 18.1. The maximum atomic E-state index is 12.7. The maximum Gasteiger partial charge on any atom is 0.331 e. The molecule has 7 rings (SSSR count). The fraction of sp³-hybridized carbons (Fsp3) is 0.889. The third-order valence-corrected chi connectivity index (χ3v) is 14.1. The van der Waals surface area contributed by atoms with Crippen LogP contribution in [-0.4, -0.2) is 106 Å². The Bertz CT molecular complexity index is 1240. The van der Waals surface area contributed by atoms with Gasteiger partial charge in [0.05, 0.1) is 36.1 Å². The SMILES string of the molecule is C[C@H]1OC(O[C@H]2[C@@H](O)CC(O[C@H]3CC[C@@]4(C)[C@H](CC[C@@H]5[C@@H]4CC[C@]4(C)[C@@H](C6=CC(=O)OC6)[C@@H](OC=O)C[C@]54O)C3)O[C@@H]2C)C[C@H](O)[C@@H]1O. The number of carbonyl (C=O) groups excluding carboxylic acids is 2. The van der Waals surface area contributed by atoms with Crippen LogP contribution in [0.25, 0.3) is 0 Å². The molecule has 3 heterocycles. The molecule has 4 saturated carbocycles. The van der Waals surface area contributed by atoms with E-state index in [0.29, 0.717) is 24.7 Å². The van der Waals surface area contributed by atoms with Crippen LogP contribution in [0.2, 0.25) is 0 Å². The highest BCUT2D eigenvalue weighted by molar-refractivity contribution is 5.85. The lowest BCUT2D eigenvalue weighted by atomic mass is 9.43. The molecular formula is C36H54O12. The number of ether oxygens (including phenoxy) is 6. The first-order chi connectivity index (χ1) is 22.8. The summed E-state index contributed by atoms with van der Waals surface area (Å²) in [6.45, 7) is 8.69. The van der Waals surface area contributed by atoms with E-state index in [1.165, 1.54) is 6.08 Å². The summed E-state index contributed by atoms with van der Waals surface area (Å²) in [6.07, 6.45) is 2.26. The van der Waals surface area contributed by atoms with Gasteiger partial charge in [-0.2, -0.15) is 0 Å². The zero-order valence-electron chi connectivity index (χ0n) is 28.6. The Hall–Kier alpha value is -1.64. The number of aliphatic hydroxyl groups excluding tert-OH is 3. The first-order valence-corrected chi connectivity index (χ1v) is 18.1. The summed E-state index contributed by atoms with van der Waals surface area (Å²) in [7, 11) is 0. The van der Waals surface area contributed by atoms with E-state index >= 15 is 0 Å². The highest BCUT2D eigenvalue weighted by Gasteiger charge is 2.71. The third kappa shape index (κ3) is 5.66. The second-order valence-electron chi connectivity index (χ2n) is 16.4. The molecule has 4 N–H and O–H groups in total. The first kappa shape index (κ1) is 34.8. The van der Waals surface area contributed by atoms with Crippen LogP contribution in [0.5, 0.6) is 0 Å². The molecule has 12 nitrogen and oxygen atoms in total. The predicted molar refractivity (Wildman–Crippen MR) is 168 cm³/mol. The minimum atomic E-state index is -1.03. The number of carbonyl (C=O) groups is 2. The largest absolute Gasteiger partial charge is 0.464 e. The Morgan fingerprint density at radius 2 is 1.62 bits per heavy atom. The van der Waals surface area contributed by atoms with E-state index in [2.05, 4.69) is 13.8 Å². The lowest BCUT2D eigenvalue weighted by Crippen LogP contribution is -2.62. The molecule has 12 heteroatoms.